The van der Waals surface area contributed by atoms with Crippen molar-refractivity contribution in [3.63, 3.8) is 0 Å². The molecule has 0 heterocycles. The van der Waals surface area contributed by atoms with Crippen molar-refractivity contribution in [3.8, 4) is 5.75 Å². The van der Waals surface area contributed by atoms with E-state index in [9.17, 15) is 18.8 Å². The van der Waals surface area contributed by atoms with Crippen molar-refractivity contribution in [1.29, 1.82) is 0 Å². The standard InChI is InChI=1S/C20H21FN2O5/c1-3-27-20(26)14-4-10-17(11-5-14)28-13-19(25)23(2)12-18(24)22-16-8-6-15(21)7-9-16/h4-11H,3,12-13H2,1-2H3,(H,22,24). The molecule has 0 radical (unpaired) electrons. The number of halogens is 1. The summed E-state index contributed by atoms with van der Waals surface area (Å²) in [5.74, 6) is -1.25. The Labute approximate surface area is 162 Å². The van der Waals surface area contributed by atoms with Gasteiger partial charge < -0.3 is 19.7 Å². The lowest BCUT2D eigenvalue weighted by Crippen LogP contribution is -2.37. The molecule has 2 aromatic carbocycles. The van der Waals surface area contributed by atoms with Crippen LogP contribution in [0.3, 0.4) is 0 Å². The highest BCUT2D eigenvalue weighted by atomic mass is 19.1. The summed E-state index contributed by atoms with van der Waals surface area (Å²) in [6, 6.07) is 11.5. The number of ether oxygens (including phenoxy) is 2. The van der Waals surface area contributed by atoms with Gasteiger partial charge in [-0.2, -0.15) is 0 Å². The molecule has 0 saturated carbocycles. The fraction of sp³-hybridized carbons (Fsp3) is 0.250. The van der Waals surface area contributed by atoms with Crippen molar-refractivity contribution >= 4 is 23.5 Å². The van der Waals surface area contributed by atoms with Crippen LogP contribution in [0.5, 0.6) is 5.75 Å². The molecule has 2 amide bonds. The molecule has 0 bridgehead atoms. The molecule has 0 fully saturated rings. The Morgan fingerprint density at radius 2 is 1.68 bits per heavy atom. The molecule has 7 nitrogen and oxygen atoms in total. The second kappa shape index (κ2) is 10.1. The van der Waals surface area contributed by atoms with Gasteiger partial charge in [0.2, 0.25) is 5.91 Å². The van der Waals surface area contributed by atoms with Crippen molar-refractivity contribution in [2.45, 2.75) is 6.92 Å². The van der Waals surface area contributed by atoms with E-state index in [-0.39, 0.29) is 19.8 Å². The average molecular weight is 388 g/mol. The Morgan fingerprint density at radius 3 is 2.29 bits per heavy atom. The van der Waals surface area contributed by atoms with Gasteiger partial charge in [-0.15, -0.1) is 0 Å². The van der Waals surface area contributed by atoms with Crippen molar-refractivity contribution in [2.75, 3.05) is 32.1 Å². The van der Waals surface area contributed by atoms with Crippen LogP contribution in [0.2, 0.25) is 0 Å². The highest BCUT2D eigenvalue weighted by Crippen LogP contribution is 2.13. The van der Waals surface area contributed by atoms with Gasteiger partial charge in [0.05, 0.1) is 18.7 Å². The zero-order valence-corrected chi connectivity index (χ0v) is 15.6. The summed E-state index contributed by atoms with van der Waals surface area (Å²) >= 11 is 0. The maximum absolute atomic E-state index is 12.9. The van der Waals surface area contributed by atoms with Crippen molar-refractivity contribution in [1.82, 2.24) is 4.90 Å². The summed E-state index contributed by atoms with van der Waals surface area (Å²) in [5, 5.41) is 2.57. The average Bonchev–Trinajstić information content (AvgIpc) is 2.68. The van der Waals surface area contributed by atoms with Gasteiger partial charge in [0, 0.05) is 12.7 Å². The van der Waals surface area contributed by atoms with E-state index < -0.39 is 23.6 Å². The fourth-order valence-corrected chi connectivity index (χ4v) is 2.19. The molecule has 148 valence electrons. The number of nitrogens with zero attached hydrogens (tertiary/aromatic N) is 1. The summed E-state index contributed by atoms with van der Waals surface area (Å²) < 4.78 is 23.1. The zero-order valence-electron chi connectivity index (χ0n) is 15.6. The maximum Gasteiger partial charge on any atom is 0.338 e. The minimum atomic E-state index is -0.433. The summed E-state index contributed by atoms with van der Waals surface area (Å²) in [6.07, 6.45) is 0. The molecule has 0 aliphatic rings. The lowest BCUT2D eigenvalue weighted by Gasteiger charge is -2.17. The van der Waals surface area contributed by atoms with Crippen molar-refractivity contribution in [3.05, 3.63) is 59.9 Å². The number of amides is 2. The first-order valence-electron chi connectivity index (χ1n) is 8.58. The highest BCUT2D eigenvalue weighted by Gasteiger charge is 2.14. The topological polar surface area (TPSA) is 84.9 Å². The van der Waals surface area contributed by atoms with Crippen LogP contribution in [0.4, 0.5) is 10.1 Å². The lowest BCUT2D eigenvalue weighted by atomic mass is 10.2. The van der Waals surface area contributed by atoms with Gasteiger partial charge in [0.1, 0.15) is 11.6 Å². The van der Waals surface area contributed by atoms with Gasteiger partial charge in [-0.3, -0.25) is 9.59 Å². The normalized spacial score (nSPS) is 10.1. The summed E-state index contributed by atoms with van der Waals surface area (Å²) in [4.78, 5) is 36.9. The fourth-order valence-electron chi connectivity index (χ4n) is 2.19. The lowest BCUT2D eigenvalue weighted by molar-refractivity contribution is -0.135. The number of carbonyl (C=O) groups excluding carboxylic acids is 3. The molecule has 1 N–H and O–H groups in total. The molecular formula is C20H21FN2O5. The van der Waals surface area contributed by atoms with Gasteiger partial charge >= 0.3 is 5.97 Å². The number of hydrogen-bond donors (Lipinski definition) is 1. The van der Waals surface area contributed by atoms with E-state index in [2.05, 4.69) is 5.32 Å². The van der Waals surface area contributed by atoms with Crippen LogP contribution >= 0.6 is 0 Å². The first-order valence-corrected chi connectivity index (χ1v) is 8.58. The predicted molar refractivity (Wildman–Crippen MR) is 101 cm³/mol. The SMILES string of the molecule is CCOC(=O)c1ccc(OCC(=O)N(C)CC(=O)Nc2ccc(F)cc2)cc1. The Morgan fingerprint density at radius 1 is 1.04 bits per heavy atom. The van der Waals surface area contributed by atoms with Gasteiger partial charge in [0.15, 0.2) is 6.61 Å². The van der Waals surface area contributed by atoms with Crippen LogP contribution < -0.4 is 10.1 Å². The van der Waals surface area contributed by atoms with E-state index in [1.54, 1.807) is 19.1 Å². The quantitative estimate of drug-likeness (QED) is 0.703. The molecule has 0 aliphatic heterocycles. The largest absolute Gasteiger partial charge is 0.484 e. The van der Waals surface area contributed by atoms with Crippen LogP contribution in [0.25, 0.3) is 0 Å². The Kier molecular flexibility index (Phi) is 7.50. The van der Waals surface area contributed by atoms with Gasteiger partial charge in [-0.1, -0.05) is 0 Å². The summed E-state index contributed by atoms with van der Waals surface area (Å²) in [6.45, 7) is 1.56. The molecular weight excluding hydrogens is 367 g/mol. The number of carbonyl (C=O) groups is 3. The Balaban J connectivity index is 1.79. The van der Waals surface area contributed by atoms with E-state index in [0.717, 1.165) is 0 Å². The molecule has 8 heteroatoms. The number of hydrogen-bond acceptors (Lipinski definition) is 5. The Bertz CT molecular complexity index is 821. The van der Waals surface area contributed by atoms with Gasteiger partial charge in [0.25, 0.3) is 5.91 Å². The third-order valence-corrected chi connectivity index (χ3v) is 3.66. The molecule has 0 aromatic heterocycles. The van der Waals surface area contributed by atoms with E-state index in [0.29, 0.717) is 17.0 Å². The number of rotatable bonds is 8. The number of anilines is 1. The second-order valence-corrected chi connectivity index (χ2v) is 5.84. The van der Waals surface area contributed by atoms with E-state index in [4.69, 9.17) is 9.47 Å². The van der Waals surface area contributed by atoms with Crippen LogP contribution in [0, 0.1) is 5.82 Å². The molecule has 0 aliphatic carbocycles. The monoisotopic (exact) mass is 388 g/mol. The molecule has 0 spiro atoms. The molecule has 0 atom stereocenters. The Hall–Kier alpha value is -3.42. The third-order valence-electron chi connectivity index (χ3n) is 3.66. The highest BCUT2D eigenvalue weighted by molar-refractivity contribution is 5.94. The summed E-state index contributed by atoms with van der Waals surface area (Å²) in [5.41, 5.74) is 0.820. The van der Waals surface area contributed by atoms with Crippen LogP contribution in [-0.2, 0) is 14.3 Å². The van der Waals surface area contributed by atoms with Gasteiger partial charge in [-0.05, 0) is 55.5 Å². The second-order valence-electron chi connectivity index (χ2n) is 5.84. The number of benzene rings is 2. The zero-order chi connectivity index (χ0) is 20.5. The molecule has 2 rings (SSSR count). The van der Waals surface area contributed by atoms with Gasteiger partial charge in [-0.25, -0.2) is 9.18 Å². The molecule has 28 heavy (non-hydrogen) atoms. The molecule has 0 saturated heterocycles. The molecule has 2 aromatic rings. The van der Waals surface area contributed by atoms with E-state index >= 15 is 0 Å². The third kappa shape index (κ3) is 6.39. The first-order chi connectivity index (χ1) is 13.4. The van der Waals surface area contributed by atoms with Crippen LogP contribution in [-0.4, -0.2) is 49.5 Å². The van der Waals surface area contributed by atoms with E-state index in [1.165, 1.54) is 48.3 Å². The van der Waals surface area contributed by atoms with Crippen molar-refractivity contribution in [2.24, 2.45) is 0 Å². The number of esters is 1. The van der Waals surface area contributed by atoms with Crippen LogP contribution in [0.15, 0.2) is 48.5 Å². The first kappa shape index (κ1) is 20.9. The number of nitrogens with one attached hydrogen (secondary N) is 1. The maximum atomic E-state index is 12.9. The smallest absolute Gasteiger partial charge is 0.338 e. The van der Waals surface area contributed by atoms with Crippen molar-refractivity contribution < 1.29 is 28.2 Å². The molecule has 0 unspecified atom stereocenters. The predicted octanol–water partition coefficient (Wildman–Crippen LogP) is 2.48. The van der Waals surface area contributed by atoms with Crippen LogP contribution in [0.1, 0.15) is 17.3 Å². The minimum absolute atomic E-state index is 0.179. The number of likely N-dealkylation sites (N-methyl/N-ethyl adjacent to an activating group) is 1. The minimum Gasteiger partial charge on any atom is -0.484 e. The van der Waals surface area contributed by atoms with E-state index in [1.807, 2.05) is 0 Å². The summed E-state index contributed by atoms with van der Waals surface area (Å²) in [7, 11) is 1.47.